The van der Waals surface area contributed by atoms with E-state index in [0.29, 0.717) is 57.0 Å². The third-order valence-corrected chi connectivity index (χ3v) is 10.8. The first-order chi connectivity index (χ1) is 23.4. The maximum absolute atomic E-state index is 13.5. The Morgan fingerprint density at radius 2 is 1.63 bits per heavy atom. The van der Waals surface area contributed by atoms with Crippen molar-refractivity contribution in [1.82, 2.24) is 4.90 Å². The monoisotopic (exact) mass is 688 g/mol. The zero-order chi connectivity index (χ0) is 36.0. The van der Waals surface area contributed by atoms with Crippen LogP contribution in [0.4, 0.5) is 0 Å². The number of unbranched alkanes of at least 4 members (excludes halogenated alkanes) is 2. The van der Waals surface area contributed by atoms with Crippen molar-refractivity contribution in [2.45, 2.75) is 160 Å². The largest absolute Gasteiger partial charge is 0.480 e. The molecule has 2 aliphatic heterocycles. The van der Waals surface area contributed by atoms with E-state index in [4.69, 9.17) is 14.2 Å². The van der Waals surface area contributed by atoms with Crippen LogP contribution < -0.4 is 0 Å². The Bertz CT molecular complexity index is 1200. The van der Waals surface area contributed by atoms with E-state index in [1.165, 1.54) is 18.4 Å². The minimum Gasteiger partial charge on any atom is -0.480 e. The van der Waals surface area contributed by atoms with E-state index in [-0.39, 0.29) is 18.7 Å². The van der Waals surface area contributed by atoms with Crippen molar-refractivity contribution in [3.63, 3.8) is 0 Å². The van der Waals surface area contributed by atoms with Crippen LogP contribution in [0.5, 0.6) is 0 Å². The van der Waals surface area contributed by atoms with Crippen LogP contribution in [0.25, 0.3) is 0 Å². The molecular weight excluding hydrogens is 628 g/mol. The van der Waals surface area contributed by atoms with Gasteiger partial charge in [-0.3, -0.25) is 14.4 Å². The van der Waals surface area contributed by atoms with Gasteiger partial charge in [-0.2, -0.15) is 0 Å². The molecule has 0 aromatic carbocycles. The van der Waals surface area contributed by atoms with Crippen molar-refractivity contribution >= 4 is 23.4 Å². The summed E-state index contributed by atoms with van der Waals surface area (Å²) >= 11 is 0. The smallest absolute Gasteiger partial charge is 0.326 e. The van der Waals surface area contributed by atoms with Crippen LogP contribution in [0, 0.1) is 16.7 Å². The lowest BCUT2D eigenvalue weighted by molar-refractivity contribution is -0.209. The van der Waals surface area contributed by atoms with Gasteiger partial charge in [-0.15, -0.1) is 4.91 Å². The van der Waals surface area contributed by atoms with Gasteiger partial charge in [0.1, 0.15) is 11.8 Å². The highest BCUT2D eigenvalue weighted by atomic mass is 16.6. The van der Waals surface area contributed by atoms with Crippen LogP contribution in [0.3, 0.4) is 0 Å². The quantitative estimate of drug-likeness (QED) is 0.0649. The average molecular weight is 689 g/mol. The number of carbonyl (C=O) groups excluding carboxylic acids is 3. The summed E-state index contributed by atoms with van der Waals surface area (Å²) in [7, 11) is 3.35. The van der Waals surface area contributed by atoms with Crippen LogP contribution in [0.1, 0.15) is 130 Å². The number of hydrogen-bond acceptors (Lipinski definition) is 9. The van der Waals surface area contributed by atoms with Crippen LogP contribution in [0.2, 0.25) is 0 Å². The first kappa shape index (κ1) is 40.7. The van der Waals surface area contributed by atoms with Gasteiger partial charge in [-0.1, -0.05) is 43.1 Å². The SMILES string of the molecule is COC1CCCC(C=C(C)CCCCC(=O)CC=C(C)CCCCC2OC(N=O)(C(=O)C(=O)N3CCCCC3C(=O)O)C(C)CC2OC)C1. The molecule has 1 N–H and O–H groups in total. The summed E-state index contributed by atoms with van der Waals surface area (Å²) in [6.45, 7) is 5.98. The number of carbonyl (C=O) groups is 4. The number of ketones is 2. The Labute approximate surface area is 292 Å². The van der Waals surface area contributed by atoms with Crippen LogP contribution >= 0.6 is 0 Å². The molecule has 3 aliphatic rings. The van der Waals surface area contributed by atoms with E-state index < -0.39 is 47.6 Å². The lowest BCUT2D eigenvalue weighted by Crippen LogP contribution is -2.61. The molecule has 1 saturated carbocycles. The Morgan fingerprint density at radius 1 is 0.918 bits per heavy atom. The van der Waals surface area contributed by atoms with Gasteiger partial charge in [-0.05, 0) is 108 Å². The van der Waals surface area contributed by atoms with Crippen molar-refractivity contribution in [1.29, 1.82) is 0 Å². The summed E-state index contributed by atoms with van der Waals surface area (Å²) in [6, 6.07) is -1.12. The lowest BCUT2D eigenvalue weighted by Gasteiger charge is -2.44. The predicted molar refractivity (Wildman–Crippen MR) is 187 cm³/mol. The van der Waals surface area contributed by atoms with Crippen molar-refractivity contribution < 1.29 is 38.5 Å². The van der Waals surface area contributed by atoms with Crippen molar-refractivity contribution in [3.8, 4) is 0 Å². The molecule has 0 spiro atoms. The van der Waals surface area contributed by atoms with Gasteiger partial charge in [-0.25, -0.2) is 4.79 Å². The second-order valence-corrected chi connectivity index (χ2v) is 14.6. The van der Waals surface area contributed by atoms with Gasteiger partial charge in [0.2, 0.25) is 0 Å². The predicted octanol–water partition coefficient (Wildman–Crippen LogP) is 7.10. The molecule has 3 rings (SSSR count). The number of allylic oxidation sites excluding steroid dienone is 4. The zero-order valence-electron chi connectivity index (χ0n) is 30.5. The Balaban J connectivity index is 1.43. The average Bonchev–Trinajstić information content (AvgIpc) is 3.10. The standard InChI is InChI=1S/C38H60N2O9/c1-26(20-21-30(41)16-8-6-14-27(2)23-29-15-12-17-31(25-29)47-4)13-7-9-19-33-34(48-5)24-28(3)38(39-46,49-33)35(42)36(43)40-22-11-10-18-32(40)37(44)45/h20,23,28-29,31-34H,6-19,21-22,24-25H2,1-5H3,(H,44,45). The van der Waals surface area contributed by atoms with Crippen molar-refractivity contribution in [2.75, 3.05) is 20.8 Å². The number of carboxylic acid groups (broad SMARTS) is 1. The van der Waals surface area contributed by atoms with Gasteiger partial charge in [0.05, 0.1) is 18.3 Å². The molecule has 3 fully saturated rings. The zero-order valence-corrected chi connectivity index (χ0v) is 30.5. The summed E-state index contributed by atoms with van der Waals surface area (Å²) in [5.41, 5.74) is 0.315. The highest BCUT2D eigenvalue weighted by Crippen LogP contribution is 2.40. The fourth-order valence-corrected chi connectivity index (χ4v) is 7.72. The van der Waals surface area contributed by atoms with E-state index >= 15 is 0 Å². The summed E-state index contributed by atoms with van der Waals surface area (Å²) in [5, 5.41) is 12.7. The molecule has 2 heterocycles. The molecule has 11 heteroatoms. The molecule has 0 aromatic heterocycles. The minimum atomic E-state index is -2.23. The van der Waals surface area contributed by atoms with E-state index in [1.54, 1.807) is 21.1 Å². The Morgan fingerprint density at radius 3 is 2.33 bits per heavy atom. The number of aliphatic carboxylic acids is 1. The minimum absolute atomic E-state index is 0.126. The van der Waals surface area contributed by atoms with Crippen LogP contribution in [-0.2, 0) is 33.4 Å². The number of carboxylic acids is 1. The maximum atomic E-state index is 13.5. The van der Waals surface area contributed by atoms with Gasteiger partial charge in [0.25, 0.3) is 17.4 Å². The molecule has 49 heavy (non-hydrogen) atoms. The molecular formula is C38H60N2O9. The molecule has 0 aromatic rings. The summed E-state index contributed by atoms with van der Waals surface area (Å²) < 4.78 is 17.3. The third-order valence-electron chi connectivity index (χ3n) is 10.8. The van der Waals surface area contributed by atoms with Gasteiger partial charge < -0.3 is 24.2 Å². The fraction of sp³-hybridized carbons (Fsp3) is 0.789. The Hall–Kier alpha value is -2.76. The first-order valence-electron chi connectivity index (χ1n) is 18.5. The summed E-state index contributed by atoms with van der Waals surface area (Å²) in [5.74, 6) is -3.20. The molecule has 1 amide bonds. The number of rotatable bonds is 19. The first-order valence-corrected chi connectivity index (χ1v) is 18.5. The molecule has 0 bridgehead atoms. The number of nitroso groups, excluding NO2 is 1. The van der Waals surface area contributed by atoms with Crippen molar-refractivity contribution in [3.05, 3.63) is 28.2 Å². The molecule has 0 radical (unpaired) electrons. The van der Waals surface area contributed by atoms with E-state index in [2.05, 4.69) is 18.2 Å². The molecule has 11 nitrogen and oxygen atoms in total. The summed E-state index contributed by atoms with van der Waals surface area (Å²) in [4.78, 5) is 64.4. The number of likely N-dealkylation sites (tertiary alicyclic amines) is 1. The number of piperidine rings is 1. The number of nitrogens with zero attached hydrogens (tertiary/aromatic N) is 2. The van der Waals surface area contributed by atoms with E-state index in [0.717, 1.165) is 55.4 Å². The number of ether oxygens (including phenoxy) is 3. The number of Topliss-reactive ketones (excluding diaryl/α,β-unsaturated/α-hetero) is 2. The molecule has 276 valence electrons. The third kappa shape index (κ3) is 11.6. The number of hydrogen-bond donors (Lipinski definition) is 1. The second kappa shape index (κ2) is 20.2. The maximum Gasteiger partial charge on any atom is 0.326 e. The molecule has 7 unspecified atom stereocenters. The second-order valence-electron chi connectivity index (χ2n) is 14.6. The topological polar surface area (TPSA) is 149 Å². The number of amides is 1. The normalized spacial score (nSPS) is 29.8. The van der Waals surface area contributed by atoms with Crippen molar-refractivity contribution in [2.24, 2.45) is 17.0 Å². The summed E-state index contributed by atoms with van der Waals surface area (Å²) in [6.07, 6.45) is 17.0. The van der Waals surface area contributed by atoms with Crippen LogP contribution in [0.15, 0.2) is 28.5 Å². The van der Waals surface area contributed by atoms with Gasteiger partial charge >= 0.3 is 5.97 Å². The molecule has 2 saturated heterocycles. The number of methoxy groups -OCH3 is 2. The molecule has 7 atom stereocenters. The highest BCUT2D eigenvalue weighted by Gasteiger charge is 2.57. The lowest BCUT2D eigenvalue weighted by atomic mass is 9.82. The Kier molecular flexibility index (Phi) is 16.7. The van der Waals surface area contributed by atoms with Crippen LogP contribution in [-0.4, -0.2) is 84.3 Å². The molecule has 1 aliphatic carbocycles. The van der Waals surface area contributed by atoms with E-state index in [9.17, 15) is 29.2 Å². The van der Waals surface area contributed by atoms with Gasteiger partial charge in [0.15, 0.2) is 0 Å². The highest BCUT2D eigenvalue weighted by molar-refractivity contribution is 6.39. The van der Waals surface area contributed by atoms with E-state index in [1.807, 2.05) is 13.0 Å². The fourth-order valence-electron chi connectivity index (χ4n) is 7.72. The van der Waals surface area contributed by atoms with Gasteiger partial charge in [0, 0.05) is 39.5 Å².